The van der Waals surface area contributed by atoms with E-state index >= 15 is 0 Å². The Labute approximate surface area is 210 Å². The third-order valence-corrected chi connectivity index (χ3v) is 8.71. The number of nitrogens with zero attached hydrogens (tertiary/aromatic N) is 3. The van der Waals surface area contributed by atoms with Gasteiger partial charge in [-0.1, -0.05) is 37.3 Å². The molecule has 1 saturated heterocycles. The Morgan fingerprint density at radius 3 is 2.44 bits per heavy atom. The van der Waals surface area contributed by atoms with Crippen molar-refractivity contribution in [3.8, 4) is 0 Å². The van der Waals surface area contributed by atoms with Crippen LogP contribution in [0.2, 0.25) is 0 Å². The Hall–Kier alpha value is -3.12. The van der Waals surface area contributed by atoms with Gasteiger partial charge in [-0.2, -0.15) is 0 Å². The van der Waals surface area contributed by atoms with Gasteiger partial charge in [0.1, 0.15) is 6.61 Å². The Kier molecular flexibility index (Phi) is 8.96. The van der Waals surface area contributed by atoms with E-state index in [2.05, 4.69) is 15.5 Å². The molecule has 0 aliphatic carbocycles. The molecule has 0 saturated carbocycles. The highest BCUT2D eigenvalue weighted by Crippen LogP contribution is 2.28. The number of rotatable bonds is 12. The number of benzene rings is 1. The molecule has 12 heteroatoms. The lowest BCUT2D eigenvalue weighted by molar-refractivity contribution is -0.134. The largest absolute Gasteiger partial charge is 0.416 e. The number of methoxy groups -OCH3 is 1. The first-order chi connectivity index (χ1) is 17.1. The summed E-state index contributed by atoms with van der Waals surface area (Å²) in [5, 5.41) is 9.96. The van der Waals surface area contributed by atoms with E-state index in [1.54, 1.807) is 42.2 Å². The van der Waals surface area contributed by atoms with Crippen molar-refractivity contribution in [3.63, 3.8) is 0 Å². The number of hydrogen-bond acceptors (Lipinski definition) is 9. The average molecular weight is 521 g/mol. The first kappa shape index (κ1) is 27.5. The molecule has 1 N–H and O–H groups in total. The highest BCUT2D eigenvalue weighted by atomic mass is 32.2. The maximum atomic E-state index is 13.6. The fourth-order valence-corrected chi connectivity index (χ4v) is 5.63. The van der Waals surface area contributed by atoms with Gasteiger partial charge in [0.25, 0.3) is 5.89 Å². The fraction of sp³-hybridized carbons (Fsp3) is 0.542. The molecular weight excluding hydrogens is 488 g/mol. The standard InChI is InChI=1S/C24H32N4O7S/c1-4-18(21(30)22-27-26-19(35-22)15-34-3)25-23(31)24(2,14-20(29)28-12-8-9-13-28)36(32,33)16-17-10-6-5-7-11-17/h5-7,10-11,18H,4,8-9,12-16H2,1-3H3,(H,25,31). The minimum absolute atomic E-state index is 0.0117. The zero-order chi connectivity index (χ0) is 26.3. The predicted octanol–water partition coefficient (Wildman–Crippen LogP) is 1.68. The number of amides is 2. The summed E-state index contributed by atoms with van der Waals surface area (Å²) >= 11 is 0. The van der Waals surface area contributed by atoms with Crippen molar-refractivity contribution in [2.24, 2.45) is 0 Å². The van der Waals surface area contributed by atoms with Gasteiger partial charge >= 0.3 is 0 Å². The molecule has 2 amide bonds. The molecular formula is C24H32N4O7S. The van der Waals surface area contributed by atoms with Crippen LogP contribution in [0.15, 0.2) is 34.7 Å². The molecule has 196 valence electrons. The number of ether oxygens (including phenoxy) is 1. The van der Waals surface area contributed by atoms with Gasteiger partial charge in [-0.05, 0) is 31.7 Å². The molecule has 0 bridgehead atoms. The third-order valence-electron chi connectivity index (χ3n) is 6.29. The van der Waals surface area contributed by atoms with E-state index in [9.17, 15) is 22.8 Å². The Balaban J connectivity index is 1.87. The minimum Gasteiger partial charge on any atom is -0.416 e. The van der Waals surface area contributed by atoms with Gasteiger partial charge in [0.15, 0.2) is 14.6 Å². The molecule has 3 rings (SSSR count). The number of ketones is 1. The molecule has 0 radical (unpaired) electrons. The molecule has 1 aromatic heterocycles. The summed E-state index contributed by atoms with van der Waals surface area (Å²) in [7, 11) is -2.75. The van der Waals surface area contributed by atoms with Gasteiger partial charge in [0.2, 0.25) is 23.5 Å². The summed E-state index contributed by atoms with van der Waals surface area (Å²) in [6, 6.07) is 7.32. The highest BCUT2D eigenvalue weighted by molar-refractivity contribution is 7.92. The predicted molar refractivity (Wildman–Crippen MR) is 129 cm³/mol. The van der Waals surface area contributed by atoms with Gasteiger partial charge in [0.05, 0.1) is 18.2 Å². The van der Waals surface area contributed by atoms with Crippen LogP contribution >= 0.6 is 0 Å². The van der Waals surface area contributed by atoms with Gasteiger partial charge in [0, 0.05) is 20.2 Å². The van der Waals surface area contributed by atoms with E-state index in [0.717, 1.165) is 12.8 Å². The maximum absolute atomic E-state index is 13.6. The number of carbonyl (C=O) groups is 3. The molecule has 36 heavy (non-hydrogen) atoms. The van der Waals surface area contributed by atoms with Crippen molar-refractivity contribution in [1.29, 1.82) is 0 Å². The van der Waals surface area contributed by atoms with Crippen LogP contribution in [0.3, 0.4) is 0 Å². The number of sulfone groups is 1. The zero-order valence-corrected chi connectivity index (χ0v) is 21.5. The van der Waals surface area contributed by atoms with Crippen LogP contribution in [-0.2, 0) is 36.5 Å². The number of carbonyl (C=O) groups excluding carboxylic acids is 3. The Bertz CT molecular complexity index is 1180. The van der Waals surface area contributed by atoms with Crippen molar-refractivity contribution in [1.82, 2.24) is 20.4 Å². The summed E-state index contributed by atoms with van der Waals surface area (Å²) < 4.78 is 35.3. The van der Waals surface area contributed by atoms with Gasteiger partial charge in [-0.25, -0.2) is 8.42 Å². The van der Waals surface area contributed by atoms with Crippen molar-refractivity contribution >= 4 is 27.4 Å². The fourth-order valence-electron chi connectivity index (χ4n) is 4.00. The molecule has 2 aromatic rings. The van der Waals surface area contributed by atoms with Crippen molar-refractivity contribution in [2.45, 2.75) is 62.7 Å². The van der Waals surface area contributed by atoms with E-state index in [-0.39, 0.29) is 24.8 Å². The molecule has 2 atom stereocenters. The normalized spacial score (nSPS) is 16.4. The summed E-state index contributed by atoms with van der Waals surface area (Å²) in [5.74, 6) is -2.66. The van der Waals surface area contributed by atoms with Crippen LogP contribution in [0, 0.1) is 0 Å². The first-order valence-corrected chi connectivity index (χ1v) is 13.5. The second kappa shape index (κ2) is 11.7. The first-order valence-electron chi connectivity index (χ1n) is 11.8. The Morgan fingerprint density at radius 2 is 1.83 bits per heavy atom. The molecule has 11 nitrogen and oxygen atoms in total. The van der Waals surface area contributed by atoms with E-state index < -0.39 is 50.4 Å². The molecule has 1 fully saturated rings. The van der Waals surface area contributed by atoms with E-state index in [4.69, 9.17) is 9.15 Å². The van der Waals surface area contributed by atoms with Crippen LogP contribution in [-0.4, -0.2) is 72.1 Å². The SMILES string of the molecule is CCC(NC(=O)C(C)(CC(=O)N1CCCC1)S(=O)(=O)Cc1ccccc1)C(=O)c1nnc(COC)o1. The summed E-state index contributed by atoms with van der Waals surface area (Å²) in [6.45, 7) is 3.95. The molecule has 1 aromatic carbocycles. The lowest BCUT2D eigenvalue weighted by atomic mass is 10.0. The second-order valence-corrected chi connectivity index (χ2v) is 11.4. The third kappa shape index (κ3) is 6.16. The summed E-state index contributed by atoms with van der Waals surface area (Å²) in [6.07, 6.45) is 1.26. The number of likely N-dealkylation sites (tertiary alicyclic amines) is 1. The van der Waals surface area contributed by atoms with Crippen LogP contribution in [0.1, 0.15) is 61.7 Å². The van der Waals surface area contributed by atoms with Crippen molar-refractivity contribution in [3.05, 3.63) is 47.7 Å². The number of hydrogen-bond donors (Lipinski definition) is 1. The summed E-state index contributed by atoms with van der Waals surface area (Å²) in [4.78, 5) is 41.1. The number of Topliss-reactive ketones (excluding diaryl/α,β-unsaturated/α-hetero) is 1. The molecule has 0 spiro atoms. The van der Waals surface area contributed by atoms with Crippen molar-refractivity contribution < 1.29 is 32.0 Å². The quantitative estimate of drug-likeness (QED) is 0.413. The topological polar surface area (TPSA) is 149 Å². The smallest absolute Gasteiger partial charge is 0.286 e. The number of aromatic nitrogens is 2. The molecule has 2 heterocycles. The highest BCUT2D eigenvalue weighted by Gasteiger charge is 2.49. The Morgan fingerprint density at radius 1 is 1.17 bits per heavy atom. The van der Waals surface area contributed by atoms with E-state index in [1.165, 1.54) is 14.0 Å². The van der Waals surface area contributed by atoms with Crippen LogP contribution in [0.4, 0.5) is 0 Å². The molecule has 1 aliphatic heterocycles. The van der Waals surface area contributed by atoms with Crippen LogP contribution in [0.5, 0.6) is 0 Å². The van der Waals surface area contributed by atoms with Gasteiger partial charge < -0.3 is 19.4 Å². The van der Waals surface area contributed by atoms with Crippen molar-refractivity contribution in [2.75, 3.05) is 20.2 Å². The second-order valence-electron chi connectivity index (χ2n) is 8.97. The van der Waals surface area contributed by atoms with Gasteiger partial charge in [-0.3, -0.25) is 14.4 Å². The van der Waals surface area contributed by atoms with Crippen LogP contribution < -0.4 is 5.32 Å². The monoisotopic (exact) mass is 520 g/mol. The maximum Gasteiger partial charge on any atom is 0.286 e. The summed E-state index contributed by atoms with van der Waals surface area (Å²) in [5.41, 5.74) is 0.491. The molecule has 2 unspecified atom stereocenters. The lowest BCUT2D eigenvalue weighted by Crippen LogP contribution is -2.56. The van der Waals surface area contributed by atoms with E-state index in [0.29, 0.717) is 18.7 Å². The number of nitrogens with one attached hydrogen (secondary N) is 1. The van der Waals surface area contributed by atoms with E-state index in [1.807, 2.05) is 0 Å². The zero-order valence-electron chi connectivity index (χ0n) is 20.7. The lowest BCUT2D eigenvalue weighted by Gasteiger charge is -2.31. The van der Waals surface area contributed by atoms with Crippen LogP contribution in [0.25, 0.3) is 0 Å². The average Bonchev–Trinajstić information content (AvgIpc) is 3.55. The minimum atomic E-state index is -4.18. The molecule has 1 aliphatic rings. The van der Waals surface area contributed by atoms with Gasteiger partial charge in [-0.15, -0.1) is 10.2 Å².